The minimum atomic E-state index is -0.283. The van der Waals surface area contributed by atoms with Gasteiger partial charge in [-0.3, -0.25) is 4.98 Å². The summed E-state index contributed by atoms with van der Waals surface area (Å²) >= 11 is 0. The first-order chi connectivity index (χ1) is 11.9. The van der Waals surface area contributed by atoms with Crippen LogP contribution in [0.1, 0.15) is 62.2 Å². The van der Waals surface area contributed by atoms with Gasteiger partial charge in [-0.25, -0.2) is 4.79 Å². The Hall–Kier alpha value is -1.84. The molecule has 3 saturated carbocycles. The highest BCUT2D eigenvalue weighted by Gasteiger charge is 2.56. The smallest absolute Gasteiger partial charge is 0.341 e. The molecule has 5 rings (SSSR count). The fourth-order valence-corrected chi connectivity index (χ4v) is 5.24. The van der Waals surface area contributed by atoms with Gasteiger partial charge in [0.05, 0.1) is 18.0 Å². The van der Waals surface area contributed by atoms with Crippen LogP contribution < -0.4 is 5.32 Å². The topological polar surface area (TPSA) is 51.2 Å². The van der Waals surface area contributed by atoms with Crippen molar-refractivity contribution in [3.8, 4) is 0 Å². The molecule has 0 amide bonds. The fourth-order valence-electron chi connectivity index (χ4n) is 5.24. The molecule has 4 aliphatic carbocycles. The summed E-state index contributed by atoms with van der Waals surface area (Å²) in [5.74, 6) is 1.86. The van der Waals surface area contributed by atoms with Gasteiger partial charge in [0.15, 0.2) is 0 Å². The molecule has 1 aromatic heterocycles. The monoisotopic (exact) mass is 340 g/mol. The van der Waals surface area contributed by atoms with E-state index in [2.05, 4.69) is 43.2 Å². The van der Waals surface area contributed by atoms with Crippen molar-refractivity contribution < 1.29 is 9.53 Å². The van der Waals surface area contributed by atoms with E-state index < -0.39 is 0 Å². The van der Waals surface area contributed by atoms with Crippen molar-refractivity contribution in [1.82, 2.24) is 4.98 Å². The number of allylic oxidation sites excluding steroid dienone is 1. The summed E-state index contributed by atoms with van der Waals surface area (Å²) in [6.07, 6.45) is 9.25. The van der Waals surface area contributed by atoms with Crippen LogP contribution in [-0.2, 0) is 11.2 Å². The van der Waals surface area contributed by atoms with Gasteiger partial charge in [-0.1, -0.05) is 32.9 Å². The number of rotatable bonds is 4. The van der Waals surface area contributed by atoms with Gasteiger partial charge in [0.1, 0.15) is 5.56 Å². The third-order valence-corrected chi connectivity index (χ3v) is 6.97. The molecule has 0 unspecified atom stereocenters. The minimum absolute atomic E-state index is 0.283. The third-order valence-electron chi connectivity index (χ3n) is 6.97. The number of esters is 1. The maximum Gasteiger partial charge on any atom is 0.341 e. The zero-order chi connectivity index (χ0) is 17.8. The van der Waals surface area contributed by atoms with Crippen LogP contribution in [0.3, 0.4) is 0 Å². The lowest BCUT2D eigenvalue weighted by Crippen LogP contribution is -2.58. The van der Waals surface area contributed by atoms with Gasteiger partial charge in [-0.2, -0.15) is 0 Å². The Morgan fingerprint density at radius 2 is 2.20 bits per heavy atom. The Balaban J connectivity index is 1.65. The molecule has 4 nitrogen and oxygen atoms in total. The first-order valence-corrected chi connectivity index (χ1v) is 9.55. The first-order valence-electron chi connectivity index (χ1n) is 9.55. The van der Waals surface area contributed by atoms with Crippen LogP contribution in [0.25, 0.3) is 6.08 Å². The zero-order valence-electron chi connectivity index (χ0n) is 15.6. The van der Waals surface area contributed by atoms with Crippen molar-refractivity contribution >= 4 is 17.7 Å². The van der Waals surface area contributed by atoms with E-state index in [1.54, 1.807) is 6.20 Å². The van der Waals surface area contributed by atoms with E-state index in [1.807, 2.05) is 6.92 Å². The SMILES string of the molecule is CCOC(=O)c1cnc2c(c1N[C@H]1C[C@H]3C[C@@H]([C@@H]1C)C3(C)C)C=CC2. The van der Waals surface area contributed by atoms with E-state index in [4.69, 9.17) is 4.74 Å². The Bertz CT molecular complexity index is 738. The largest absolute Gasteiger partial charge is 0.462 e. The molecule has 0 spiro atoms. The molecule has 25 heavy (non-hydrogen) atoms. The molecule has 4 atom stereocenters. The first kappa shape index (κ1) is 16.6. The molecular formula is C21H28N2O2. The van der Waals surface area contributed by atoms with Crippen molar-refractivity contribution in [2.45, 2.75) is 53.0 Å². The Morgan fingerprint density at radius 3 is 2.88 bits per heavy atom. The number of nitrogens with zero attached hydrogens (tertiary/aromatic N) is 1. The Kier molecular flexibility index (Phi) is 3.89. The van der Waals surface area contributed by atoms with E-state index in [1.165, 1.54) is 12.8 Å². The average Bonchev–Trinajstić information content (AvgIpc) is 3.05. The van der Waals surface area contributed by atoms with Crippen LogP contribution in [0.5, 0.6) is 0 Å². The highest BCUT2D eigenvalue weighted by molar-refractivity contribution is 5.98. The van der Waals surface area contributed by atoms with Gasteiger partial charge in [-0.15, -0.1) is 0 Å². The molecular weight excluding hydrogens is 312 g/mol. The van der Waals surface area contributed by atoms with Crippen LogP contribution in [0.4, 0.5) is 5.69 Å². The molecule has 0 aromatic carbocycles. The van der Waals surface area contributed by atoms with Crippen molar-refractivity contribution in [1.29, 1.82) is 0 Å². The number of ether oxygens (including phenoxy) is 1. The lowest BCUT2D eigenvalue weighted by atomic mass is 9.44. The molecule has 1 aromatic rings. The molecule has 2 bridgehead atoms. The quantitative estimate of drug-likeness (QED) is 0.830. The van der Waals surface area contributed by atoms with Gasteiger partial charge in [0, 0.05) is 24.2 Å². The van der Waals surface area contributed by atoms with Gasteiger partial charge in [0.2, 0.25) is 0 Å². The van der Waals surface area contributed by atoms with E-state index in [0.717, 1.165) is 35.2 Å². The van der Waals surface area contributed by atoms with Crippen LogP contribution in [-0.4, -0.2) is 23.6 Å². The zero-order valence-corrected chi connectivity index (χ0v) is 15.6. The average molecular weight is 340 g/mol. The van der Waals surface area contributed by atoms with Crippen molar-refractivity contribution in [2.24, 2.45) is 23.2 Å². The van der Waals surface area contributed by atoms with Crippen LogP contribution in [0, 0.1) is 23.2 Å². The summed E-state index contributed by atoms with van der Waals surface area (Å²) in [6.45, 7) is 9.40. The number of carbonyl (C=O) groups is 1. The van der Waals surface area contributed by atoms with Crippen LogP contribution in [0.15, 0.2) is 12.3 Å². The van der Waals surface area contributed by atoms with Crippen LogP contribution >= 0.6 is 0 Å². The summed E-state index contributed by atoms with van der Waals surface area (Å²) in [7, 11) is 0. The normalized spacial score (nSPS) is 31.2. The van der Waals surface area contributed by atoms with Gasteiger partial charge >= 0.3 is 5.97 Å². The summed E-state index contributed by atoms with van der Waals surface area (Å²) < 4.78 is 5.26. The number of hydrogen-bond donors (Lipinski definition) is 1. The second-order valence-electron chi connectivity index (χ2n) is 8.44. The molecule has 4 aliphatic rings. The van der Waals surface area contributed by atoms with E-state index >= 15 is 0 Å². The van der Waals surface area contributed by atoms with E-state index in [0.29, 0.717) is 29.5 Å². The van der Waals surface area contributed by atoms with E-state index in [-0.39, 0.29) is 5.97 Å². The van der Waals surface area contributed by atoms with Gasteiger partial charge < -0.3 is 10.1 Å². The Labute approximate surface area is 150 Å². The molecule has 0 saturated heterocycles. The lowest BCUT2D eigenvalue weighted by Gasteiger charge is -2.62. The molecule has 1 heterocycles. The fraction of sp³-hybridized carbons (Fsp3) is 0.619. The van der Waals surface area contributed by atoms with Gasteiger partial charge in [-0.05, 0) is 42.9 Å². The second-order valence-corrected chi connectivity index (χ2v) is 8.44. The van der Waals surface area contributed by atoms with Crippen molar-refractivity contribution in [3.63, 3.8) is 0 Å². The molecule has 134 valence electrons. The second kappa shape index (κ2) is 5.86. The van der Waals surface area contributed by atoms with Crippen molar-refractivity contribution in [3.05, 3.63) is 29.1 Å². The molecule has 0 radical (unpaired) electrons. The molecule has 4 heteroatoms. The number of nitrogens with one attached hydrogen (secondary N) is 1. The molecule has 3 fully saturated rings. The predicted octanol–water partition coefficient (Wildman–Crippen LogP) is 4.31. The summed E-state index contributed by atoms with van der Waals surface area (Å²) in [5, 5.41) is 3.75. The van der Waals surface area contributed by atoms with E-state index in [9.17, 15) is 4.79 Å². The number of carbonyl (C=O) groups excluding carboxylic acids is 1. The number of fused-ring (bicyclic) bond motifs is 3. The summed E-state index contributed by atoms with van der Waals surface area (Å²) in [5.41, 5.74) is 4.06. The number of aromatic nitrogens is 1. The number of anilines is 1. The molecule has 1 N–H and O–H groups in total. The summed E-state index contributed by atoms with van der Waals surface area (Å²) in [6, 6.07) is 0.408. The highest BCUT2D eigenvalue weighted by Crippen LogP contribution is 2.61. The minimum Gasteiger partial charge on any atom is -0.462 e. The van der Waals surface area contributed by atoms with Crippen molar-refractivity contribution in [2.75, 3.05) is 11.9 Å². The third kappa shape index (κ3) is 2.49. The summed E-state index contributed by atoms with van der Waals surface area (Å²) in [4.78, 5) is 16.9. The molecule has 0 aliphatic heterocycles. The van der Waals surface area contributed by atoms with Crippen LogP contribution in [0.2, 0.25) is 0 Å². The number of hydrogen-bond acceptors (Lipinski definition) is 4. The standard InChI is InChI=1S/C21H28N2O2/c1-5-25-20(24)15-11-22-17-8-6-7-14(17)19(15)23-18-10-13-9-16(12(18)2)21(13,3)4/h6-7,11-13,16,18H,5,8-10H2,1-4H3,(H,22,23)/t12-,13+,16-,18-/m0/s1. The maximum absolute atomic E-state index is 12.4. The highest BCUT2D eigenvalue weighted by atomic mass is 16.5. The Morgan fingerprint density at radius 1 is 1.40 bits per heavy atom. The maximum atomic E-state index is 12.4. The number of pyridine rings is 1. The predicted molar refractivity (Wildman–Crippen MR) is 99.5 cm³/mol. The lowest BCUT2D eigenvalue weighted by molar-refractivity contribution is -0.105. The van der Waals surface area contributed by atoms with Gasteiger partial charge in [0.25, 0.3) is 0 Å².